The molecule has 1 amide bonds. The highest BCUT2D eigenvalue weighted by Crippen LogP contribution is 2.33. The molecule has 0 saturated carbocycles. The third-order valence-electron chi connectivity index (χ3n) is 4.79. The molecule has 1 rings (SSSR count). The number of hydrogen-bond acceptors (Lipinski definition) is 4. The lowest BCUT2D eigenvalue weighted by Crippen LogP contribution is -2.58. The van der Waals surface area contributed by atoms with Crippen LogP contribution in [0.15, 0.2) is 5.16 Å². The van der Waals surface area contributed by atoms with E-state index in [2.05, 4.69) is 31.2 Å². The van der Waals surface area contributed by atoms with Gasteiger partial charge in [0.25, 0.3) is 0 Å². The Balaban J connectivity index is 3.00. The normalized spacial score (nSPS) is 19.6. The summed E-state index contributed by atoms with van der Waals surface area (Å²) in [5.41, 5.74) is 4.64. The van der Waals surface area contributed by atoms with E-state index >= 15 is 0 Å². The van der Waals surface area contributed by atoms with Crippen molar-refractivity contribution < 1.29 is 14.7 Å². The zero-order chi connectivity index (χ0) is 15.2. The van der Waals surface area contributed by atoms with Crippen molar-refractivity contribution in [3.8, 4) is 0 Å². The molecular formula is C14H27N3O3. The van der Waals surface area contributed by atoms with Crippen LogP contribution in [-0.2, 0) is 9.53 Å². The maximum absolute atomic E-state index is 12.8. The standard InChI is InChI=1S/C14H27N3O3/c1-4-13(5-2,6-3)16-12(18)14(11(15)17-19)7-9-20-10-8-14/h19H,4-10H2,1-3H3,(H2,15,17)(H,16,18). The Morgan fingerprint density at radius 3 is 2.20 bits per heavy atom. The number of carbonyl (C=O) groups is 1. The van der Waals surface area contributed by atoms with Gasteiger partial charge in [-0.05, 0) is 32.1 Å². The van der Waals surface area contributed by atoms with Crippen molar-refractivity contribution in [1.82, 2.24) is 5.32 Å². The largest absolute Gasteiger partial charge is 0.409 e. The van der Waals surface area contributed by atoms with E-state index in [1.807, 2.05) is 0 Å². The first-order valence-electron chi connectivity index (χ1n) is 7.38. The topological polar surface area (TPSA) is 96.9 Å². The molecule has 20 heavy (non-hydrogen) atoms. The van der Waals surface area contributed by atoms with Crippen LogP contribution in [0.25, 0.3) is 0 Å². The van der Waals surface area contributed by atoms with E-state index in [0.29, 0.717) is 26.1 Å². The van der Waals surface area contributed by atoms with Crippen LogP contribution in [0.5, 0.6) is 0 Å². The van der Waals surface area contributed by atoms with E-state index in [1.54, 1.807) is 0 Å². The average molecular weight is 285 g/mol. The summed E-state index contributed by atoms with van der Waals surface area (Å²) in [6, 6.07) is 0. The van der Waals surface area contributed by atoms with Crippen molar-refractivity contribution >= 4 is 11.7 Å². The van der Waals surface area contributed by atoms with Gasteiger partial charge < -0.3 is 21.0 Å². The third-order valence-corrected chi connectivity index (χ3v) is 4.79. The molecule has 116 valence electrons. The van der Waals surface area contributed by atoms with Gasteiger partial charge in [-0.3, -0.25) is 4.79 Å². The number of amides is 1. The minimum absolute atomic E-state index is 0.0180. The molecular weight excluding hydrogens is 258 g/mol. The number of nitrogens with two attached hydrogens (primary N) is 1. The highest BCUT2D eigenvalue weighted by atomic mass is 16.5. The van der Waals surface area contributed by atoms with Crippen molar-refractivity contribution in [2.24, 2.45) is 16.3 Å². The van der Waals surface area contributed by atoms with Gasteiger partial charge in [-0.2, -0.15) is 0 Å². The zero-order valence-electron chi connectivity index (χ0n) is 12.7. The molecule has 6 heteroatoms. The summed E-state index contributed by atoms with van der Waals surface area (Å²) >= 11 is 0. The van der Waals surface area contributed by atoms with Gasteiger partial charge in [0.15, 0.2) is 5.84 Å². The fourth-order valence-corrected chi connectivity index (χ4v) is 2.79. The highest BCUT2D eigenvalue weighted by Gasteiger charge is 2.46. The molecule has 1 aliphatic rings. The van der Waals surface area contributed by atoms with E-state index < -0.39 is 5.41 Å². The molecule has 0 aromatic rings. The Morgan fingerprint density at radius 2 is 1.80 bits per heavy atom. The van der Waals surface area contributed by atoms with Gasteiger partial charge in [0, 0.05) is 18.8 Å². The summed E-state index contributed by atoms with van der Waals surface area (Å²) in [4.78, 5) is 12.8. The Hall–Kier alpha value is -1.30. The maximum Gasteiger partial charge on any atom is 0.234 e. The molecule has 6 nitrogen and oxygen atoms in total. The van der Waals surface area contributed by atoms with Gasteiger partial charge in [-0.1, -0.05) is 25.9 Å². The van der Waals surface area contributed by atoms with E-state index in [0.717, 1.165) is 19.3 Å². The van der Waals surface area contributed by atoms with Crippen molar-refractivity contribution in [3.05, 3.63) is 0 Å². The molecule has 1 heterocycles. The molecule has 0 bridgehead atoms. The van der Waals surface area contributed by atoms with Gasteiger partial charge >= 0.3 is 0 Å². The van der Waals surface area contributed by atoms with Crippen molar-refractivity contribution in [2.75, 3.05) is 13.2 Å². The van der Waals surface area contributed by atoms with Crippen LogP contribution in [0.1, 0.15) is 52.9 Å². The summed E-state index contributed by atoms with van der Waals surface area (Å²) in [5, 5.41) is 15.2. The molecule has 1 fully saturated rings. The zero-order valence-corrected chi connectivity index (χ0v) is 12.7. The quantitative estimate of drug-likeness (QED) is 0.299. The van der Waals surface area contributed by atoms with Crippen molar-refractivity contribution in [1.29, 1.82) is 0 Å². The molecule has 0 spiro atoms. The van der Waals surface area contributed by atoms with Crippen LogP contribution < -0.4 is 11.1 Å². The monoisotopic (exact) mass is 285 g/mol. The van der Waals surface area contributed by atoms with Crippen molar-refractivity contribution in [3.63, 3.8) is 0 Å². The Labute approximate surface area is 120 Å². The molecule has 0 aliphatic carbocycles. The van der Waals surface area contributed by atoms with Crippen LogP contribution in [-0.4, -0.2) is 35.7 Å². The minimum atomic E-state index is -0.947. The number of carbonyl (C=O) groups excluding carboxylic acids is 1. The number of rotatable bonds is 6. The second-order valence-electron chi connectivity index (χ2n) is 5.47. The molecule has 0 atom stereocenters. The van der Waals surface area contributed by atoms with E-state index in [4.69, 9.17) is 15.7 Å². The molecule has 0 aromatic carbocycles. The number of amidine groups is 1. The molecule has 0 radical (unpaired) electrons. The minimum Gasteiger partial charge on any atom is -0.409 e. The second-order valence-corrected chi connectivity index (χ2v) is 5.47. The van der Waals surface area contributed by atoms with Crippen LogP contribution in [0.4, 0.5) is 0 Å². The first-order valence-corrected chi connectivity index (χ1v) is 7.38. The van der Waals surface area contributed by atoms with Gasteiger partial charge in [0.05, 0.1) is 0 Å². The van der Waals surface area contributed by atoms with Crippen molar-refractivity contribution in [2.45, 2.75) is 58.4 Å². The molecule has 0 aromatic heterocycles. The molecule has 1 aliphatic heterocycles. The Kier molecular flexibility index (Phi) is 5.80. The lowest BCUT2D eigenvalue weighted by Gasteiger charge is -2.39. The van der Waals surface area contributed by atoms with E-state index in [-0.39, 0.29) is 17.3 Å². The summed E-state index contributed by atoms with van der Waals surface area (Å²) in [7, 11) is 0. The number of hydrogen-bond donors (Lipinski definition) is 3. The molecule has 4 N–H and O–H groups in total. The number of oxime groups is 1. The summed E-state index contributed by atoms with van der Waals surface area (Å²) < 4.78 is 5.31. The Bertz CT molecular complexity index is 350. The number of nitrogens with one attached hydrogen (secondary N) is 1. The maximum atomic E-state index is 12.8. The summed E-state index contributed by atoms with van der Waals surface area (Å²) in [6.45, 7) is 7.08. The average Bonchev–Trinajstić information content (AvgIpc) is 2.52. The fourth-order valence-electron chi connectivity index (χ4n) is 2.79. The lowest BCUT2D eigenvalue weighted by molar-refractivity contribution is -0.134. The van der Waals surface area contributed by atoms with Crippen LogP contribution in [0.2, 0.25) is 0 Å². The molecule has 0 unspecified atom stereocenters. The van der Waals surface area contributed by atoms with Gasteiger partial charge in [0.2, 0.25) is 5.91 Å². The predicted molar refractivity (Wildman–Crippen MR) is 77.6 cm³/mol. The lowest BCUT2D eigenvalue weighted by atomic mass is 9.76. The van der Waals surface area contributed by atoms with Gasteiger partial charge in [-0.15, -0.1) is 0 Å². The van der Waals surface area contributed by atoms with Gasteiger partial charge in [0.1, 0.15) is 5.41 Å². The predicted octanol–water partition coefficient (Wildman–Crippen LogP) is 1.61. The highest BCUT2D eigenvalue weighted by molar-refractivity contribution is 6.07. The molecule has 1 saturated heterocycles. The van der Waals surface area contributed by atoms with Crippen LogP contribution in [0.3, 0.4) is 0 Å². The second kappa shape index (κ2) is 6.92. The first-order chi connectivity index (χ1) is 9.50. The van der Waals surface area contributed by atoms with Crippen LogP contribution >= 0.6 is 0 Å². The SMILES string of the molecule is CCC(CC)(CC)NC(=O)C1(C(N)=NO)CCOCC1. The third kappa shape index (κ3) is 3.06. The summed E-state index contributed by atoms with van der Waals surface area (Å²) in [5.74, 6) is -0.169. The summed E-state index contributed by atoms with van der Waals surface area (Å²) in [6.07, 6.45) is 3.46. The first kappa shape index (κ1) is 16.8. The number of ether oxygens (including phenoxy) is 1. The van der Waals surface area contributed by atoms with Crippen LogP contribution in [0, 0.1) is 5.41 Å². The van der Waals surface area contributed by atoms with Gasteiger partial charge in [-0.25, -0.2) is 0 Å². The van der Waals surface area contributed by atoms with E-state index in [1.165, 1.54) is 0 Å². The smallest absolute Gasteiger partial charge is 0.234 e. The van der Waals surface area contributed by atoms with E-state index in [9.17, 15) is 4.79 Å². The Morgan fingerprint density at radius 1 is 1.30 bits per heavy atom. The fraction of sp³-hybridized carbons (Fsp3) is 0.857. The number of nitrogens with zero attached hydrogens (tertiary/aromatic N) is 1.